The van der Waals surface area contributed by atoms with E-state index in [9.17, 15) is 9.36 Å². The summed E-state index contributed by atoms with van der Waals surface area (Å²) in [4.78, 5) is 10.6. The van der Waals surface area contributed by atoms with E-state index in [1.54, 1.807) is 13.8 Å². The average Bonchev–Trinajstić information content (AvgIpc) is 2.18. The molecule has 0 aliphatic rings. The summed E-state index contributed by atoms with van der Waals surface area (Å²) in [5.41, 5.74) is 0. The second-order valence-electron chi connectivity index (χ2n) is 2.20. The number of carbonyl (C=O) groups excluding carboxylic acids is 1. The number of phosphoric ester groups is 1. The lowest BCUT2D eigenvalue weighted by Gasteiger charge is -2.15. The Morgan fingerprint density at radius 3 is 2.20 bits per heavy atom. The van der Waals surface area contributed by atoms with Crippen LogP contribution in [0.4, 0.5) is 0 Å². The molecule has 15 heavy (non-hydrogen) atoms. The van der Waals surface area contributed by atoms with Crippen molar-refractivity contribution in [2.45, 2.75) is 13.8 Å². The SMILES string of the molecule is C=CC(=O)OCOP(=O)(OCC)OCC. The van der Waals surface area contributed by atoms with Crippen molar-refractivity contribution in [2.24, 2.45) is 0 Å². The van der Waals surface area contributed by atoms with Gasteiger partial charge in [0.25, 0.3) is 0 Å². The minimum atomic E-state index is -3.60. The van der Waals surface area contributed by atoms with Gasteiger partial charge in [-0.05, 0) is 13.8 Å². The van der Waals surface area contributed by atoms with Gasteiger partial charge < -0.3 is 4.74 Å². The Labute approximate surface area is 88.8 Å². The zero-order valence-electron chi connectivity index (χ0n) is 8.80. The van der Waals surface area contributed by atoms with Gasteiger partial charge in [-0.3, -0.25) is 9.05 Å². The van der Waals surface area contributed by atoms with Crippen LogP contribution in [0.15, 0.2) is 12.7 Å². The summed E-state index contributed by atoms with van der Waals surface area (Å²) in [5, 5.41) is 0. The lowest BCUT2D eigenvalue weighted by atomic mass is 10.7. The molecule has 6 nitrogen and oxygen atoms in total. The monoisotopic (exact) mass is 238 g/mol. The lowest BCUT2D eigenvalue weighted by molar-refractivity contribution is -0.145. The van der Waals surface area contributed by atoms with E-state index in [4.69, 9.17) is 13.6 Å². The molecule has 88 valence electrons. The highest BCUT2D eigenvalue weighted by molar-refractivity contribution is 7.48. The van der Waals surface area contributed by atoms with Gasteiger partial charge in [0, 0.05) is 6.08 Å². The molecular formula is C8H15O6P. The van der Waals surface area contributed by atoms with Crippen molar-refractivity contribution in [3.8, 4) is 0 Å². The van der Waals surface area contributed by atoms with Crippen molar-refractivity contribution in [1.82, 2.24) is 0 Å². The number of esters is 1. The van der Waals surface area contributed by atoms with Gasteiger partial charge in [-0.2, -0.15) is 0 Å². The van der Waals surface area contributed by atoms with Crippen molar-refractivity contribution in [1.29, 1.82) is 0 Å². The largest absolute Gasteiger partial charge is 0.477 e. The zero-order valence-corrected chi connectivity index (χ0v) is 9.70. The highest BCUT2D eigenvalue weighted by Gasteiger charge is 2.25. The maximum atomic E-state index is 11.6. The number of ether oxygens (including phenoxy) is 1. The normalized spacial score (nSPS) is 11.1. The average molecular weight is 238 g/mol. The van der Waals surface area contributed by atoms with Crippen LogP contribution in [0.5, 0.6) is 0 Å². The zero-order chi connectivity index (χ0) is 11.7. The molecule has 0 saturated heterocycles. The number of hydrogen-bond acceptors (Lipinski definition) is 6. The van der Waals surface area contributed by atoms with E-state index in [2.05, 4.69) is 11.3 Å². The molecule has 0 saturated carbocycles. The smallest absolute Gasteiger partial charge is 0.435 e. The quantitative estimate of drug-likeness (QED) is 0.278. The van der Waals surface area contributed by atoms with E-state index in [1.807, 2.05) is 0 Å². The van der Waals surface area contributed by atoms with Crippen LogP contribution >= 0.6 is 7.82 Å². The summed E-state index contributed by atoms with van der Waals surface area (Å²) in [7, 11) is -3.60. The molecule has 0 aliphatic carbocycles. The molecule has 7 heteroatoms. The Morgan fingerprint density at radius 1 is 1.27 bits per heavy atom. The molecule has 0 aromatic carbocycles. The van der Waals surface area contributed by atoms with Crippen molar-refractivity contribution in [2.75, 3.05) is 20.0 Å². The molecular weight excluding hydrogens is 223 g/mol. The Balaban J connectivity index is 4.01. The molecule has 0 aromatic rings. The van der Waals surface area contributed by atoms with Crippen LogP contribution in [0.3, 0.4) is 0 Å². The fourth-order valence-corrected chi connectivity index (χ4v) is 1.67. The summed E-state index contributed by atoms with van der Waals surface area (Å²) in [6.45, 7) is 6.32. The number of rotatable bonds is 8. The van der Waals surface area contributed by atoms with Gasteiger partial charge in [-0.1, -0.05) is 6.58 Å². The Hall–Kier alpha value is -0.680. The highest BCUT2D eigenvalue weighted by atomic mass is 31.2. The van der Waals surface area contributed by atoms with E-state index in [0.29, 0.717) is 0 Å². The molecule has 0 aromatic heterocycles. The van der Waals surface area contributed by atoms with Crippen LogP contribution < -0.4 is 0 Å². The van der Waals surface area contributed by atoms with Crippen LogP contribution in [0.2, 0.25) is 0 Å². The van der Waals surface area contributed by atoms with Crippen molar-refractivity contribution < 1.29 is 27.7 Å². The van der Waals surface area contributed by atoms with E-state index in [1.165, 1.54) is 0 Å². The maximum absolute atomic E-state index is 11.6. The van der Waals surface area contributed by atoms with E-state index >= 15 is 0 Å². The third-order valence-electron chi connectivity index (χ3n) is 1.15. The number of phosphoric acid groups is 1. The summed E-state index contributed by atoms with van der Waals surface area (Å²) in [6.07, 6.45) is 0.968. The van der Waals surface area contributed by atoms with E-state index in [-0.39, 0.29) is 13.2 Å². The molecule has 0 fully saturated rings. The number of carbonyl (C=O) groups is 1. The second kappa shape index (κ2) is 7.59. The predicted molar refractivity (Wildman–Crippen MR) is 53.1 cm³/mol. The first-order valence-electron chi connectivity index (χ1n) is 4.40. The van der Waals surface area contributed by atoms with Gasteiger partial charge in [0.2, 0.25) is 6.79 Å². The molecule has 0 unspecified atom stereocenters. The van der Waals surface area contributed by atoms with Gasteiger partial charge in [-0.25, -0.2) is 13.9 Å². The Morgan fingerprint density at radius 2 is 1.80 bits per heavy atom. The lowest BCUT2D eigenvalue weighted by Crippen LogP contribution is -2.07. The van der Waals surface area contributed by atoms with Crippen molar-refractivity contribution >= 4 is 13.8 Å². The van der Waals surface area contributed by atoms with E-state index in [0.717, 1.165) is 6.08 Å². The van der Waals surface area contributed by atoms with Crippen LogP contribution in [0.25, 0.3) is 0 Å². The fraction of sp³-hybridized carbons (Fsp3) is 0.625. The minimum absolute atomic E-state index is 0.173. The summed E-state index contributed by atoms with van der Waals surface area (Å²) < 4.78 is 30.3. The van der Waals surface area contributed by atoms with Crippen LogP contribution in [0.1, 0.15) is 13.8 Å². The maximum Gasteiger partial charge on any atom is 0.477 e. The predicted octanol–water partition coefficient (Wildman–Crippen LogP) is 1.87. The molecule has 0 N–H and O–H groups in total. The van der Waals surface area contributed by atoms with Gasteiger partial charge >= 0.3 is 13.8 Å². The summed E-state index contributed by atoms with van der Waals surface area (Å²) in [5.74, 6) is -0.672. The summed E-state index contributed by atoms with van der Waals surface area (Å²) in [6, 6.07) is 0. The first-order chi connectivity index (χ1) is 7.08. The van der Waals surface area contributed by atoms with Crippen LogP contribution in [-0.2, 0) is 27.7 Å². The summed E-state index contributed by atoms with van der Waals surface area (Å²) >= 11 is 0. The molecule has 0 spiro atoms. The molecule has 0 aliphatic heterocycles. The third-order valence-corrected chi connectivity index (χ3v) is 2.72. The van der Waals surface area contributed by atoms with Crippen LogP contribution in [-0.4, -0.2) is 26.0 Å². The van der Waals surface area contributed by atoms with E-state index < -0.39 is 20.6 Å². The molecule has 0 amide bonds. The molecule has 0 radical (unpaired) electrons. The van der Waals surface area contributed by atoms with Crippen molar-refractivity contribution in [3.05, 3.63) is 12.7 Å². The first-order valence-corrected chi connectivity index (χ1v) is 5.86. The highest BCUT2D eigenvalue weighted by Crippen LogP contribution is 2.48. The topological polar surface area (TPSA) is 71.1 Å². The fourth-order valence-electron chi connectivity index (χ4n) is 0.636. The van der Waals surface area contributed by atoms with Crippen LogP contribution in [0, 0.1) is 0 Å². The van der Waals surface area contributed by atoms with Crippen molar-refractivity contribution in [3.63, 3.8) is 0 Å². The first kappa shape index (κ1) is 14.3. The minimum Gasteiger partial charge on any atom is -0.435 e. The van der Waals surface area contributed by atoms with Gasteiger partial charge in [0.1, 0.15) is 0 Å². The van der Waals surface area contributed by atoms with Gasteiger partial charge in [0.15, 0.2) is 0 Å². The standard InChI is InChI=1S/C8H15O6P/c1-4-8(9)11-7-14-15(10,12-5-2)13-6-3/h4H,1,5-7H2,2-3H3. The van der Waals surface area contributed by atoms with Gasteiger partial charge in [-0.15, -0.1) is 0 Å². The van der Waals surface area contributed by atoms with Gasteiger partial charge in [0.05, 0.1) is 13.2 Å². The second-order valence-corrected chi connectivity index (χ2v) is 3.87. The number of hydrogen-bond donors (Lipinski definition) is 0. The molecule has 0 heterocycles. The Kier molecular flexibility index (Phi) is 7.25. The Bertz CT molecular complexity index is 242. The third kappa shape index (κ3) is 6.41. The molecule has 0 atom stereocenters. The molecule has 0 bridgehead atoms. The molecule has 0 rings (SSSR count).